The zero-order valence-electron chi connectivity index (χ0n) is 9.98. The highest BCUT2D eigenvalue weighted by Crippen LogP contribution is 2.43. The molecule has 0 unspecified atom stereocenters. The van der Waals surface area contributed by atoms with E-state index in [-0.39, 0.29) is 0 Å². The molecule has 0 atom stereocenters. The standard InChI is InChI=1S/C12H16BrNO2/c1-7(2)14-10-11(15-4)8(3)6-9(13)12(10)16-5/h6,14H,1H2,2-5H3. The van der Waals surface area contributed by atoms with Crippen LogP contribution < -0.4 is 14.8 Å². The molecule has 0 saturated carbocycles. The Labute approximate surface area is 105 Å². The number of benzene rings is 1. The summed E-state index contributed by atoms with van der Waals surface area (Å²) in [6.07, 6.45) is 0. The summed E-state index contributed by atoms with van der Waals surface area (Å²) in [4.78, 5) is 0. The Morgan fingerprint density at radius 2 is 1.88 bits per heavy atom. The summed E-state index contributed by atoms with van der Waals surface area (Å²) in [6.45, 7) is 7.69. The maximum Gasteiger partial charge on any atom is 0.160 e. The molecule has 1 N–H and O–H groups in total. The van der Waals surface area contributed by atoms with Crippen LogP contribution >= 0.6 is 15.9 Å². The lowest BCUT2D eigenvalue weighted by atomic mass is 10.1. The maximum atomic E-state index is 5.37. The second kappa shape index (κ2) is 5.25. The van der Waals surface area contributed by atoms with Crippen LogP contribution in [0.1, 0.15) is 12.5 Å². The number of rotatable bonds is 4. The van der Waals surface area contributed by atoms with E-state index in [9.17, 15) is 0 Å². The summed E-state index contributed by atoms with van der Waals surface area (Å²) in [6, 6.07) is 1.96. The zero-order valence-corrected chi connectivity index (χ0v) is 11.6. The van der Waals surface area contributed by atoms with E-state index in [2.05, 4.69) is 27.8 Å². The minimum atomic E-state index is 0.713. The summed E-state index contributed by atoms with van der Waals surface area (Å²) >= 11 is 3.46. The molecule has 0 spiro atoms. The monoisotopic (exact) mass is 285 g/mol. The van der Waals surface area contributed by atoms with E-state index < -0.39 is 0 Å². The topological polar surface area (TPSA) is 30.5 Å². The largest absolute Gasteiger partial charge is 0.494 e. The van der Waals surface area contributed by atoms with Gasteiger partial charge in [0.15, 0.2) is 5.75 Å². The van der Waals surface area contributed by atoms with Crippen LogP contribution in [0, 0.1) is 6.92 Å². The van der Waals surface area contributed by atoms with E-state index in [1.165, 1.54) is 0 Å². The average Bonchev–Trinajstić information content (AvgIpc) is 2.17. The van der Waals surface area contributed by atoms with Crippen molar-refractivity contribution < 1.29 is 9.47 Å². The van der Waals surface area contributed by atoms with Crippen LogP contribution in [-0.4, -0.2) is 14.2 Å². The number of halogens is 1. The maximum absolute atomic E-state index is 5.37. The molecule has 0 saturated heterocycles. The lowest BCUT2D eigenvalue weighted by molar-refractivity contribution is 0.394. The fourth-order valence-electron chi connectivity index (χ4n) is 1.53. The Kier molecular flexibility index (Phi) is 4.24. The lowest BCUT2D eigenvalue weighted by Crippen LogP contribution is -2.02. The zero-order chi connectivity index (χ0) is 12.3. The molecule has 0 bridgehead atoms. The predicted molar refractivity (Wildman–Crippen MR) is 70.4 cm³/mol. The summed E-state index contributed by atoms with van der Waals surface area (Å²) in [5.41, 5.74) is 2.65. The number of nitrogens with one attached hydrogen (secondary N) is 1. The third kappa shape index (κ3) is 2.50. The number of hydrogen-bond acceptors (Lipinski definition) is 3. The summed E-state index contributed by atoms with van der Waals surface area (Å²) in [5, 5.41) is 3.15. The van der Waals surface area contributed by atoms with E-state index in [1.54, 1.807) is 14.2 Å². The molecule has 1 aromatic carbocycles. The van der Waals surface area contributed by atoms with E-state index in [4.69, 9.17) is 9.47 Å². The summed E-state index contributed by atoms with van der Waals surface area (Å²) < 4.78 is 11.6. The molecule has 1 rings (SSSR count). The number of anilines is 1. The van der Waals surface area contributed by atoms with Crippen LogP contribution in [0.5, 0.6) is 11.5 Å². The van der Waals surface area contributed by atoms with Gasteiger partial charge in [-0.15, -0.1) is 0 Å². The highest BCUT2D eigenvalue weighted by Gasteiger charge is 2.16. The number of methoxy groups -OCH3 is 2. The van der Waals surface area contributed by atoms with Crippen LogP contribution in [0.3, 0.4) is 0 Å². The van der Waals surface area contributed by atoms with Gasteiger partial charge in [-0.2, -0.15) is 0 Å². The van der Waals surface area contributed by atoms with Gasteiger partial charge < -0.3 is 14.8 Å². The lowest BCUT2D eigenvalue weighted by Gasteiger charge is -2.18. The third-order valence-electron chi connectivity index (χ3n) is 2.12. The average molecular weight is 286 g/mol. The van der Waals surface area contributed by atoms with Gasteiger partial charge in [0.2, 0.25) is 0 Å². The SMILES string of the molecule is C=C(C)Nc1c(OC)c(C)cc(Br)c1OC. The van der Waals surface area contributed by atoms with Crippen molar-refractivity contribution in [3.05, 3.63) is 28.4 Å². The molecule has 3 nitrogen and oxygen atoms in total. The van der Waals surface area contributed by atoms with Gasteiger partial charge in [0.05, 0.1) is 18.7 Å². The Bertz CT molecular complexity index is 388. The molecule has 0 aliphatic rings. The van der Waals surface area contributed by atoms with E-state index in [0.717, 1.165) is 27.2 Å². The highest BCUT2D eigenvalue weighted by atomic mass is 79.9. The van der Waals surface area contributed by atoms with E-state index in [0.29, 0.717) is 5.75 Å². The molecule has 88 valence electrons. The molecule has 4 heteroatoms. The first kappa shape index (κ1) is 12.9. The predicted octanol–water partition coefficient (Wildman–Crippen LogP) is 3.72. The van der Waals surface area contributed by atoms with Crippen molar-refractivity contribution in [2.75, 3.05) is 19.5 Å². The fourth-order valence-corrected chi connectivity index (χ4v) is 2.23. The Hall–Kier alpha value is -1.16. The second-order valence-electron chi connectivity index (χ2n) is 3.52. The van der Waals surface area contributed by atoms with Crippen LogP contribution in [-0.2, 0) is 0 Å². The quantitative estimate of drug-likeness (QED) is 0.915. The van der Waals surface area contributed by atoms with Crippen molar-refractivity contribution in [3.63, 3.8) is 0 Å². The van der Waals surface area contributed by atoms with Crippen LogP contribution in [0.2, 0.25) is 0 Å². The molecule has 0 fully saturated rings. The third-order valence-corrected chi connectivity index (χ3v) is 2.71. The van der Waals surface area contributed by atoms with Gasteiger partial charge in [-0.05, 0) is 41.4 Å². The van der Waals surface area contributed by atoms with Crippen LogP contribution in [0.15, 0.2) is 22.8 Å². The Balaban J connectivity index is 3.42. The number of aryl methyl sites for hydroxylation is 1. The van der Waals surface area contributed by atoms with E-state index >= 15 is 0 Å². The number of allylic oxidation sites excluding steroid dienone is 1. The minimum absolute atomic E-state index is 0.713. The first-order chi connectivity index (χ1) is 7.51. The first-order valence-electron chi connectivity index (χ1n) is 4.84. The minimum Gasteiger partial charge on any atom is -0.494 e. The molecule has 0 radical (unpaired) electrons. The molecular formula is C12H16BrNO2. The molecule has 0 aliphatic heterocycles. The van der Waals surface area contributed by atoms with Crippen LogP contribution in [0.25, 0.3) is 0 Å². The van der Waals surface area contributed by atoms with Crippen molar-refractivity contribution in [3.8, 4) is 11.5 Å². The molecule has 0 heterocycles. The Morgan fingerprint density at radius 3 is 2.31 bits per heavy atom. The van der Waals surface area contributed by atoms with Gasteiger partial charge in [-0.3, -0.25) is 0 Å². The normalized spacial score (nSPS) is 9.81. The molecule has 16 heavy (non-hydrogen) atoms. The van der Waals surface area contributed by atoms with Crippen molar-refractivity contribution in [1.82, 2.24) is 0 Å². The summed E-state index contributed by atoms with van der Waals surface area (Å²) in [7, 11) is 3.26. The molecular weight excluding hydrogens is 270 g/mol. The highest BCUT2D eigenvalue weighted by molar-refractivity contribution is 9.10. The Morgan fingerprint density at radius 1 is 1.31 bits per heavy atom. The van der Waals surface area contributed by atoms with Gasteiger partial charge in [0.1, 0.15) is 11.4 Å². The van der Waals surface area contributed by atoms with Crippen molar-refractivity contribution >= 4 is 21.6 Å². The number of hydrogen-bond donors (Lipinski definition) is 1. The van der Waals surface area contributed by atoms with E-state index in [1.807, 2.05) is 19.9 Å². The van der Waals surface area contributed by atoms with Crippen molar-refractivity contribution in [1.29, 1.82) is 0 Å². The molecule has 0 amide bonds. The van der Waals surface area contributed by atoms with Gasteiger partial charge in [0.25, 0.3) is 0 Å². The molecule has 1 aromatic rings. The fraction of sp³-hybridized carbons (Fsp3) is 0.333. The first-order valence-corrected chi connectivity index (χ1v) is 5.64. The van der Waals surface area contributed by atoms with Crippen LogP contribution in [0.4, 0.5) is 5.69 Å². The van der Waals surface area contributed by atoms with Gasteiger partial charge in [-0.25, -0.2) is 0 Å². The van der Waals surface area contributed by atoms with Crippen molar-refractivity contribution in [2.24, 2.45) is 0 Å². The summed E-state index contributed by atoms with van der Waals surface area (Å²) in [5.74, 6) is 1.48. The van der Waals surface area contributed by atoms with Gasteiger partial charge in [0, 0.05) is 5.70 Å². The van der Waals surface area contributed by atoms with Crippen molar-refractivity contribution in [2.45, 2.75) is 13.8 Å². The van der Waals surface area contributed by atoms with Gasteiger partial charge >= 0.3 is 0 Å². The molecule has 0 aliphatic carbocycles. The molecule has 0 aromatic heterocycles. The smallest absolute Gasteiger partial charge is 0.160 e. The number of ether oxygens (including phenoxy) is 2. The second-order valence-corrected chi connectivity index (χ2v) is 4.38. The van der Waals surface area contributed by atoms with Gasteiger partial charge in [-0.1, -0.05) is 6.58 Å².